The molecule has 0 saturated carbocycles. The maximum Gasteiger partial charge on any atom is 0.0546 e. The van der Waals surface area contributed by atoms with Crippen LogP contribution >= 0.6 is 0 Å². The minimum Gasteiger partial charge on any atom is -0.310 e. The maximum atomic E-state index is 2.43. The average molecular weight is 598 g/mol. The molecule has 0 fully saturated rings. The van der Waals surface area contributed by atoms with E-state index in [0.717, 1.165) is 17.1 Å². The Bertz CT molecular complexity index is 2280. The van der Waals surface area contributed by atoms with Gasteiger partial charge in [0.05, 0.1) is 5.69 Å². The van der Waals surface area contributed by atoms with Gasteiger partial charge in [0, 0.05) is 16.9 Å². The number of anilines is 3. The molecule has 1 nitrogen and oxygen atoms in total. The second-order valence-corrected chi connectivity index (χ2v) is 12.1. The largest absolute Gasteiger partial charge is 0.310 e. The lowest BCUT2D eigenvalue weighted by Crippen LogP contribution is -2.11. The van der Waals surface area contributed by atoms with Crippen molar-refractivity contribution in [2.24, 2.45) is 0 Å². The summed E-state index contributed by atoms with van der Waals surface area (Å²) in [5.41, 5.74) is 15.8. The Balaban J connectivity index is 1.29. The van der Waals surface area contributed by atoms with Gasteiger partial charge in [-0.25, -0.2) is 0 Å². The summed E-state index contributed by atoms with van der Waals surface area (Å²) in [4.78, 5) is 2.43. The molecule has 0 spiro atoms. The van der Waals surface area contributed by atoms with Crippen LogP contribution in [0, 0.1) is 0 Å². The van der Waals surface area contributed by atoms with Crippen molar-refractivity contribution in [1.82, 2.24) is 0 Å². The first-order chi connectivity index (χ1) is 23.3. The zero-order valence-electron chi connectivity index (χ0n) is 25.8. The highest BCUT2D eigenvalue weighted by atomic mass is 15.1. The average Bonchev–Trinajstić information content (AvgIpc) is 3.27. The molecule has 1 aliphatic rings. The van der Waals surface area contributed by atoms with Crippen LogP contribution in [0.4, 0.5) is 17.1 Å². The monoisotopic (exact) mass is 597 g/mol. The third-order valence-electron chi connectivity index (χ3n) is 9.43. The highest BCUT2D eigenvalue weighted by Gasteiger charge is 2.26. The first-order valence-electron chi connectivity index (χ1n) is 16.2. The highest BCUT2D eigenvalue weighted by molar-refractivity contribution is 6.15. The van der Waals surface area contributed by atoms with Gasteiger partial charge in [0.15, 0.2) is 0 Å². The minimum absolute atomic E-state index is 1.11. The van der Waals surface area contributed by atoms with Crippen LogP contribution in [0.5, 0.6) is 0 Å². The van der Waals surface area contributed by atoms with E-state index in [1.165, 1.54) is 66.4 Å². The molecule has 220 valence electrons. The van der Waals surface area contributed by atoms with Crippen molar-refractivity contribution in [3.05, 3.63) is 188 Å². The Kier molecular flexibility index (Phi) is 6.54. The molecule has 0 atom stereocenters. The van der Waals surface area contributed by atoms with Crippen LogP contribution in [0.2, 0.25) is 0 Å². The Labute approximate surface area is 275 Å². The molecule has 1 heteroatoms. The summed E-state index contributed by atoms with van der Waals surface area (Å²) in [6.07, 6.45) is 0. The summed E-state index contributed by atoms with van der Waals surface area (Å²) < 4.78 is 0. The van der Waals surface area contributed by atoms with E-state index >= 15 is 0 Å². The summed E-state index contributed by atoms with van der Waals surface area (Å²) in [7, 11) is 0. The molecule has 0 N–H and O–H groups in total. The lowest BCUT2D eigenvalue weighted by atomic mass is 9.91. The van der Waals surface area contributed by atoms with E-state index in [2.05, 4.69) is 193 Å². The Morgan fingerprint density at radius 3 is 1.28 bits per heavy atom. The molecule has 0 aliphatic heterocycles. The molecule has 0 aromatic heterocycles. The molecule has 1 aliphatic carbocycles. The van der Waals surface area contributed by atoms with Crippen LogP contribution in [0.25, 0.3) is 66.4 Å². The second-order valence-electron chi connectivity index (χ2n) is 12.1. The van der Waals surface area contributed by atoms with Crippen molar-refractivity contribution < 1.29 is 0 Å². The zero-order chi connectivity index (χ0) is 31.2. The topological polar surface area (TPSA) is 3.24 Å². The van der Waals surface area contributed by atoms with E-state index in [1.807, 2.05) is 0 Å². The Morgan fingerprint density at radius 2 is 0.702 bits per heavy atom. The molecule has 0 unspecified atom stereocenters. The standard InChI is InChI=1S/C46H31N/c1-3-12-32(13-4-1)34-24-28-37(29-25-34)47(38-30-26-35(27-31-38)33-14-5-2-6-15-33)44-23-11-22-43-42-21-10-17-36-16-9-20-40(45(36)42)39-18-7-8-19-41(39)46(43)44/h1-31H. The second kappa shape index (κ2) is 11.3. The van der Waals surface area contributed by atoms with Crippen LogP contribution < -0.4 is 4.90 Å². The molecule has 0 heterocycles. The van der Waals surface area contributed by atoms with E-state index < -0.39 is 0 Å². The fraction of sp³-hybridized carbons (Fsp3) is 0. The van der Waals surface area contributed by atoms with Gasteiger partial charge in [0.25, 0.3) is 0 Å². The van der Waals surface area contributed by atoms with E-state index in [0.29, 0.717) is 0 Å². The predicted molar refractivity (Wildman–Crippen MR) is 199 cm³/mol. The normalized spacial score (nSPS) is 11.4. The van der Waals surface area contributed by atoms with Crippen molar-refractivity contribution in [1.29, 1.82) is 0 Å². The van der Waals surface area contributed by atoms with Gasteiger partial charge < -0.3 is 4.90 Å². The third-order valence-corrected chi connectivity index (χ3v) is 9.43. The Hall–Kier alpha value is -6.18. The first kappa shape index (κ1) is 27.2. The molecule has 0 amide bonds. The molecular formula is C46H31N. The van der Waals surface area contributed by atoms with E-state index in [1.54, 1.807) is 0 Å². The van der Waals surface area contributed by atoms with Gasteiger partial charge in [-0.3, -0.25) is 0 Å². The Morgan fingerprint density at radius 1 is 0.277 bits per heavy atom. The van der Waals surface area contributed by atoms with Gasteiger partial charge in [-0.05, 0) is 91.2 Å². The van der Waals surface area contributed by atoms with Crippen molar-refractivity contribution in [3.63, 3.8) is 0 Å². The first-order valence-corrected chi connectivity index (χ1v) is 16.2. The summed E-state index contributed by atoms with van der Waals surface area (Å²) in [6.45, 7) is 0. The predicted octanol–water partition coefficient (Wildman–Crippen LogP) is 13.0. The van der Waals surface area contributed by atoms with Gasteiger partial charge in [-0.1, -0.05) is 158 Å². The summed E-state index contributed by atoms with van der Waals surface area (Å²) >= 11 is 0. The number of fused-ring (bicyclic) bond motifs is 5. The van der Waals surface area contributed by atoms with Crippen molar-refractivity contribution in [3.8, 4) is 55.6 Å². The van der Waals surface area contributed by atoms with Crippen molar-refractivity contribution >= 4 is 27.8 Å². The molecule has 0 bridgehead atoms. The smallest absolute Gasteiger partial charge is 0.0546 e. The van der Waals surface area contributed by atoms with Crippen LogP contribution in [-0.2, 0) is 0 Å². The van der Waals surface area contributed by atoms with Gasteiger partial charge >= 0.3 is 0 Å². The van der Waals surface area contributed by atoms with E-state index in [9.17, 15) is 0 Å². The summed E-state index contributed by atoms with van der Waals surface area (Å²) in [5.74, 6) is 0. The number of hydrogen-bond acceptors (Lipinski definition) is 1. The number of rotatable bonds is 5. The van der Waals surface area contributed by atoms with Crippen molar-refractivity contribution in [2.75, 3.05) is 4.90 Å². The van der Waals surface area contributed by atoms with Gasteiger partial charge in [0.1, 0.15) is 0 Å². The molecule has 8 aromatic carbocycles. The fourth-order valence-corrected chi connectivity index (χ4v) is 7.25. The molecule has 47 heavy (non-hydrogen) atoms. The molecule has 0 saturated heterocycles. The highest BCUT2D eigenvalue weighted by Crippen LogP contribution is 2.52. The van der Waals surface area contributed by atoms with Crippen LogP contribution in [-0.4, -0.2) is 0 Å². The zero-order valence-corrected chi connectivity index (χ0v) is 25.8. The van der Waals surface area contributed by atoms with Crippen LogP contribution in [0.1, 0.15) is 0 Å². The number of benzene rings is 8. The molecule has 8 aromatic rings. The lowest BCUT2D eigenvalue weighted by molar-refractivity contribution is 1.28. The quantitative estimate of drug-likeness (QED) is 0.191. The fourth-order valence-electron chi connectivity index (χ4n) is 7.25. The van der Waals surface area contributed by atoms with Crippen LogP contribution in [0.15, 0.2) is 188 Å². The number of nitrogens with zero attached hydrogens (tertiary/aromatic N) is 1. The summed E-state index contributed by atoms with van der Waals surface area (Å²) in [6, 6.07) is 68.2. The molecular weight excluding hydrogens is 567 g/mol. The minimum atomic E-state index is 1.11. The van der Waals surface area contributed by atoms with Gasteiger partial charge in [-0.15, -0.1) is 0 Å². The van der Waals surface area contributed by atoms with Gasteiger partial charge in [0.2, 0.25) is 0 Å². The van der Waals surface area contributed by atoms with Crippen molar-refractivity contribution in [2.45, 2.75) is 0 Å². The third kappa shape index (κ3) is 4.64. The van der Waals surface area contributed by atoms with Gasteiger partial charge in [-0.2, -0.15) is 0 Å². The SMILES string of the molecule is c1ccc(-c2ccc(N(c3ccc(-c4ccccc4)cc3)c3cccc4c3-c3ccccc3-c3cccc5cccc-4c35)cc2)cc1. The van der Waals surface area contributed by atoms with Crippen LogP contribution in [0.3, 0.4) is 0 Å². The molecule has 0 radical (unpaired) electrons. The molecule has 9 rings (SSSR count). The summed E-state index contributed by atoms with van der Waals surface area (Å²) in [5, 5.41) is 2.57. The van der Waals surface area contributed by atoms with E-state index in [-0.39, 0.29) is 0 Å². The number of hydrogen-bond donors (Lipinski definition) is 0. The van der Waals surface area contributed by atoms with E-state index in [4.69, 9.17) is 0 Å². The maximum absolute atomic E-state index is 2.43. The lowest BCUT2D eigenvalue weighted by Gasteiger charge is -2.29.